The minimum Gasteiger partial charge on any atom is -0.383 e. The van der Waals surface area contributed by atoms with E-state index in [2.05, 4.69) is 10.3 Å². The first-order valence-corrected chi connectivity index (χ1v) is 14.3. The van der Waals surface area contributed by atoms with Crippen LogP contribution in [0.1, 0.15) is 42.0 Å². The lowest BCUT2D eigenvalue weighted by atomic mass is 9.87. The van der Waals surface area contributed by atoms with Crippen molar-refractivity contribution in [1.29, 1.82) is 10.5 Å². The Morgan fingerprint density at radius 1 is 1.11 bits per heavy atom. The number of carbonyl (C=O) groups is 3. The van der Waals surface area contributed by atoms with Gasteiger partial charge in [-0.15, -0.1) is 0 Å². The molecule has 1 unspecified atom stereocenters. The molecule has 1 aliphatic carbocycles. The fourth-order valence-electron chi connectivity index (χ4n) is 5.32. The van der Waals surface area contributed by atoms with Gasteiger partial charge in [-0.05, 0) is 64.6 Å². The van der Waals surface area contributed by atoms with Gasteiger partial charge in [0.05, 0.1) is 23.3 Å². The molecule has 1 aliphatic heterocycles. The number of benzene rings is 2. The molecule has 5 rings (SSSR count). The van der Waals surface area contributed by atoms with E-state index in [1.165, 1.54) is 30.5 Å². The van der Waals surface area contributed by atoms with Crippen LogP contribution in [0.2, 0.25) is 0 Å². The molecule has 3 atom stereocenters. The third kappa shape index (κ3) is 6.09. The van der Waals surface area contributed by atoms with Crippen LogP contribution in [0.3, 0.4) is 0 Å². The second kappa shape index (κ2) is 12.2. The topological polar surface area (TPSA) is 150 Å². The number of hydrogen-bond acceptors (Lipinski definition) is 7. The van der Waals surface area contributed by atoms with Crippen LogP contribution in [0, 0.1) is 32.0 Å². The summed E-state index contributed by atoms with van der Waals surface area (Å²) < 4.78 is 42.7. The van der Waals surface area contributed by atoms with E-state index in [0.29, 0.717) is 3.57 Å². The second-order valence-corrected chi connectivity index (χ2v) is 11.6. The summed E-state index contributed by atoms with van der Waals surface area (Å²) in [5, 5.41) is 32.0. The molecule has 2 aromatic carbocycles. The number of anilines is 2. The quantitative estimate of drug-likeness (QED) is 0.355. The van der Waals surface area contributed by atoms with Crippen LogP contribution in [-0.4, -0.2) is 51.9 Å². The number of alkyl halides is 2. The molecule has 224 valence electrons. The maximum atomic E-state index is 14.9. The van der Waals surface area contributed by atoms with E-state index >= 15 is 0 Å². The van der Waals surface area contributed by atoms with Crippen LogP contribution < -0.4 is 15.1 Å². The predicted molar refractivity (Wildman–Crippen MR) is 157 cm³/mol. The van der Waals surface area contributed by atoms with Gasteiger partial charge in [0.2, 0.25) is 5.91 Å². The first-order chi connectivity index (χ1) is 20.9. The molecule has 1 saturated heterocycles. The maximum absolute atomic E-state index is 14.9. The number of aliphatic hydroxyl groups excluding tert-OH is 1. The smallest absolute Gasteiger partial charge is 0.257 e. The van der Waals surface area contributed by atoms with Crippen molar-refractivity contribution in [1.82, 2.24) is 10.3 Å². The van der Waals surface area contributed by atoms with Gasteiger partial charge in [-0.25, -0.2) is 18.2 Å². The van der Waals surface area contributed by atoms with E-state index in [9.17, 15) is 43.2 Å². The number of nitrogens with zero attached hydrogens (tertiary/aromatic N) is 5. The Kier molecular flexibility index (Phi) is 8.58. The van der Waals surface area contributed by atoms with Gasteiger partial charge in [0.25, 0.3) is 17.7 Å². The fraction of sp³-hybridized carbons (Fsp3) is 0.267. The van der Waals surface area contributed by atoms with E-state index in [0.717, 1.165) is 21.9 Å². The van der Waals surface area contributed by atoms with Crippen LogP contribution >= 0.6 is 22.6 Å². The molecule has 2 N–H and O–H groups in total. The molecule has 1 saturated carbocycles. The van der Waals surface area contributed by atoms with Gasteiger partial charge >= 0.3 is 0 Å². The normalized spacial score (nSPS) is 19.8. The van der Waals surface area contributed by atoms with Crippen LogP contribution in [0.5, 0.6) is 0 Å². The van der Waals surface area contributed by atoms with E-state index in [1.54, 1.807) is 24.3 Å². The lowest BCUT2D eigenvalue weighted by molar-refractivity contribution is -0.133. The molecule has 10 nitrogen and oxygen atoms in total. The number of pyridine rings is 1. The number of hydrogen-bond donors (Lipinski definition) is 2. The minimum absolute atomic E-state index is 0.115. The molecule has 3 amide bonds. The molecule has 0 spiro atoms. The number of nitrogens with one attached hydrogen (secondary N) is 1. The number of aliphatic hydroxyl groups is 1. The Bertz CT molecular complexity index is 1730. The van der Waals surface area contributed by atoms with Gasteiger partial charge in [-0.2, -0.15) is 10.5 Å². The molecule has 2 fully saturated rings. The molecule has 0 radical (unpaired) electrons. The van der Waals surface area contributed by atoms with Crippen molar-refractivity contribution >= 4 is 51.8 Å². The molecular weight excluding hydrogens is 692 g/mol. The van der Waals surface area contributed by atoms with Gasteiger partial charge in [0.1, 0.15) is 29.8 Å². The highest BCUT2D eigenvalue weighted by Crippen LogP contribution is 2.39. The molecule has 44 heavy (non-hydrogen) atoms. The van der Waals surface area contributed by atoms with E-state index in [1.807, 2.05) is 28.7 Å². The predicted octanol–water partition coefficient (Wildman–Crippen LogP) is 3.72. The Morgan fingerprint density at radius 2 is 1.82 bits per heavy atom. The molecular formula is C30H22F3IN6O4. The Hall–Kier alpha value is -4.54. The zero-order valence-corrected chi connectivity index (χ0v) is 24.8. The maximum Gasteiger partial charge on any atom is 0.257 e. The zero-order valence-electron chi connectivity index (χ0n) is 22.6. The lowest BCUT2D eigenvalue weighted by Crippen LogP contribution is -2.56. The highest BCUT2D eigenvalue weighted by molar-refractivity contribution is 14.1. The zero-order chi connectivity index (χ0) is 31.8. The molecule has 2 aliphatic rings. The van der Waals surface area contributed by atoms with Crippen LogP contribution in [-0.2, 0) is 14.4 Å². The first kappa shape index (κ1) is 30.9. The van der Waals surface area contributed by atoms with Crippen LogP contribution in [0.4, 0.5) is 24.7 Å². The Labute approximate surface area is 262 Å². The molecule has 14 heteroatoms. The Morgan fingerprint density at radius 3 is 2.48 bits per heavy atom. The monoisotopic (exact) mass is 714 g/mol. The lowest BCUT2D eigenvalue weighted by Gasteiger charge is -2.39. The average Bonchev–Trinajstić information content (AvgIpc) is 3.28. The summed E-state index contributed by atoms with van der Waals surface area (Å²) in [6.45, 7) is 0. The van der Waals surface area contributed by atoms with Crippen molar-refractivity contribution in [2.24, 2.45) is 0 Å². The Balaban J connectivity index is 1.67. The number of aromatic nitrogens is 1. The number of halogens is 4. The summed E-state index contributed by atoms with van der Waals surface area (Å²) >= 11 is 1.93. The van der Waals surface area contributed by atoms with Crippen molar-refractivity contribution in [3.8, 4) is 12.1 Å². The standard InChI is InChI=1S/C30H22F3IN6O4/c31-18-7-17(15-36)8-20(10-18)39(26(21-3-1-2-4-22(21)34)27(42)38-19-12-30(32,33)13-19)28(43)23-11-24(41)29(44)40(23)25-9-16(14-35)5-6-37-25/h1-10,19,23-24,26,41H,11-13H2,(H,38,42)/t23-,24+,26?/m0/s1. The SMILES string of the molecule is N#Cc1cc(F)cc(N(C(=O)[C@@H]2C[C@@H](O)C(=O)N2c2cc(C#N)ccn2)C(C(=O)NC2CC(F)(F)C2)c2ccccc2I)c1. The van der Waals surface area contributed by atoms with E-state index < -0.39 is 73.0 Å². The van der Waals surface area contributed by atoms with Gasteiger partial charge in [0, 0.05) is 40.8 Å². The summed E-state index contributed by atoms with van der Waals surface area (Å²) in [6, 6.07) is 11.9. The van der Waals surface area contributed by atoms with Crippen molar-refractivity contribution in [3.63, 3.8) is 0 Å². The van der Waals surface area contributed by atoms with E-state index in [4.69, 9.17) is 0 Å². The minimum atomic E-state index is -2.96. The first-order valence-electron chi connectivity index (χ1n) is 13.3. The van der Waals surface area contributed by atoms with Gasteiger partial charge in [0.15, 0.2) is 0 Å². The van der Waals surface area contributed by atoms with Gasteiger partial charge < -0.3 is 10.4 Å². The third-order valence-corrected chi connectivity index (χ3v) is 8.34. The number of rotatable bonds is 7. The molecule has 3 aromatic rings. The average molecular weight is 714 g/mol. The molecule has 0 bridgehead atoms. The summed E-state index contributed by atoms with van der Waals surface area (Å²) in [5.41, 5.74) is -0.0304. The van der Waals surface area contributed by atoms with Crippen LogP contribution in [0.25, 0.3) is 0 Å². The van der Waals surface area contributed by atoms with Crippen molar-refractivity contribution in [3.05, 3.63) is 86.9 Å². The highest BCUT2D eigenvalue weighted by Gasteiger charge is 2.50. The number of carbonyl (C=O) groups excluding carboxylic acids is 3. The summed E-state index contributed by atoms with van der Waals surface area (Å²) in [4.78, 5) is 47.6. The van der Waals surface area contributed by atoms with Crippen molar-refractivity contribution < 1.29 is 32.7 Å². The summed E-state index contributed by atoms with van der Waals surface area (Å²) in [7, 11) is 0. The molecule has 1 aromatic heterocycles. The highest BCUT2D eigenvalue weighted by atomic mass is 127. The van der Waals surface area contributed by atoms with Crippen LogP contribution in [0.15, 0.2) is 60.8 Å². The van der Waals surface area contributed by atoms with Gasteiger partial charge in [-0.3, -0.25) is 24.2 Å². The third-order valence-electron chi connectivity index (χ3n) is 7.36. The van der Waals surface area contributed by atoms with E-state index in [-0.39, 0.29) is 28.2 Å². The largest absolute Gasteiger partial charge is 0.383 e. The summed E-state index contributed by atoms with van der Waals surface area (Å²) in [5.74, 6) is -6.68. The van der Waals surface area contributed by atoms with Crippen molar-refractivity contribution in [2.75, 3.05) is 9.80 Å². The molecule has 2 heterocycles. The number of nitriles is 2. The fourth-order valence-corrected chi connectivity index (χ4v) is 6.00. The number of amides is 3. The van der Waals surface area contributed by atoms with Crippen molar-refractivity contribution in [2.45, 2.75) is 49.4 Å². The second-order valence-electron chi connectivity index (χ2n) is 10.4. The van der Waals surface area contributed by atoms with Gasteiger partial charge in [-0.1, -0.05) is 18.2 Å². The summed E-state index contributed by atoms with van der Waals surface area (Å²) in [6.07, 6.45) is -2.07.